The second kappa shape index (κ2) is 11.2. The van der Waals surface area contributed by atoms with Crippen molar-refractivity contribution in [3.8, 4) is 12.8 Å². The number of fused-ring (bicyclic) bond motifs is 1. The molecule has 2 fully saturated rings. The summed E-state index contributed by atoms with van der Waals surface area (Å²) in [5.41, 5.74) is 0. The quantitative estimate of drug-likeness (QED) is 0.471. The van der Waals surface area contributed by atoms with Gasteiger partial charge in [-0.1, -0.05) is 20.8 Å². The van der Waals surface area contributed by atoms with E-state index < -0.39 is 11.2 Å². The molecule has 0 aromatic heterocycles. The molecule has 2 aliphatic heterocycles. The van der Waals surface area contributed by atoms with Crippen LogP contribution in [0.4, 0.5) is 0 Å². The van der Waals surface area contributed by atoms with Crippen molar-refractivity contribution in [2.45, 2.75) is 51.9 Å². The number of rotatable bonds is 5. The van der Waals surface area contributed by atoms with Crippen molar-refractivity contribution in [2.24, 2.45) is 11.8 Å². The fraction of sp³-hybridized carbons (Fsp3) is 0.867. The zero-order valence-electron chi connectivity index (χ0n) is 13.5. The van der Waals surface area contributed by atoms with Gasteiger partial charge in [-0.25, -0.2) is 0 Å². The van der Waals surface area contributed by atoms with Crippen LogP contribution in [0.2, 0.25) is 0 Å². The van der Waals surface area contributed by atoms with Crippen LogP contribution in [0.15, 0.2) is 0 Å². The monoisotopic (exact) mass is 317 g/mol. The predicted molar refractivity (Wildman–Crippen MR) is 81.6 cm³/mol. The Kier molecular flexibility index (Phi) is 10.5. The standard InChI is InChI=1S/C7H16O.C6H9NO5.C2H2/c1-6(2)4-7(3)5-8;8-7(9)12-5-3-11-4-1-2-10-6(4)5;1-2/h6-8H,4-5H2,1-3H3;4-6H,1-3H2;1-2H/t;4-,5-,6+;/m.1./s1. The summed E-state index contributed by atoms with van der Waals surface area (Å²) in [7, 11) is 0. The minimum absolute atomic E-state index is 0.00468. The lowest BCUT2D eigenvalue weighted by atomic mass is 10.0. The average molecular weight is 317 g/mol. The van der Waals surface area contributed by atoms with Crippen molar-refractivity contribution in [1.29, 1.82) is 0 Å². The highest BCUT2D eigenvalue weighted by atomic mass is 17.0. The normalized spacial score (nSPS) is 27.0. The first-order valence-corrected chi connectivity index (χ1v) is 7.42. The zero-order chi connectivity index (χ0) is 17.1. The van der Waals surface area contributed by atoms with Crippen LogP contribution in [0.1, 0.15) is 33.6 Å². The van der Waals surface area contributed by atoms with E-state index in [1.807, 2.05) is 0 Å². The van der Waals surface area contributed by atoms with Crippen molar-refractivity contribution in [2.75, 3.05) is 19.8 Å². The smallest absolute Gasteiger partial charge is 0.294 e. The van der Waals surface area contributed by atoms with Gasteiger partial charge in [-0.2, -0.15) is 0 Å². The largest absolute Gasteiger partial charge is 0.396 e. The second-order valence-corrected chi connectivity index (χ2v) is 5.78. The first-order chi connectivity index (χ1) is 10.4. The Bertz CT molecular complexity index is 333. The first-order valence-electron chi connectivity index (χ1n) is 7.42. The summed E-state index contributed by atoms with van der Waals surface area (Å²) in [4.78, 5) is 14.4. The van der Waals surface area contributed by atoms with E-state index in [1.54, 1.807) is 0 Å². The minimum atomic E-state index is -0.794. The highest BCUT2D eigenvalue weighted by Gasteiger charge is 2.43. The van der Waals surface area contributed by atoms with Crippen molar-refractivity contribution >= 4 is 0 Å². The van der Waals surface area contributed by atoms with Crippen LogP contribution in [-0.4, -0.2) is 48.3 Å². The van der Waals surface area contributed by atoms with Gasteiger partial charge in [0, 0.05) is 13.2 Å². The molecule has 1 N–H and O–H groups in total. The van der Waals surface area contributed by atoms with Crippen molar-refractivity contribution in [1.82, 2.24) is 0 Å². The Morgan fingerprint density at radius 1 is 1.36 bits per heavy atom. The molecular formula is C15H27NO6. The Labute approximate surface area is 132 Å². The van der Waals surface area contributed by atoms with Gasteiger partial charge in [-0.3, -0.25) is 0 Å². The van der Waals surface area contributed by atoms with E-state index in [9.17, 15) is 10.1 Å². The lowest BCUT2D eigenvalue weighted by molar-refractivity contribution is -0.769. The molecule has 4 atom stereocenters. The zero-order valence-corrected chi connectivity index (χ0v) is 13.5. The Balaban J connectivity index is 0.000000388. The van der Waals surface area contributed by atoms with E-state index in [0.717, 1.165) is 18.8 Å². The van der Waals surface area contributed by atoms with Crippen molar-refractivity contribution in [3.63, 3.8) is 0 Å². The predicted octanol–water partition coefficient (Wildman–Crippen LogP) is 1.66. The molecule has 0 radical (unpaired) electrons. The minimum Gasteiger partial charge on any atom is -0.396 e. The fourth-order valence-corrected chi connectivity index (χ4v) is 2.51. The second-order valence-electron chi connectivity index (χ2n) is 5.78. The summed E-state index contributed by atoms with van der Waals surface area (Å²) in [5.74, 6) is 1.20. The summed E-state index contributed by atoms with van der Waals surface area (Å²) in [5, 5.41) is 17.8. The van der Waals surface area contributed by atoms with E-state index >= 15 is 0 Å². The Hall–Kier alpha value is -1.36. The fourth-order valence-electron chi connectivity index (χ4n) is 2.51. The molecule has 0 amide bonds. The molecule has 22 heavy (non-hydrogen) atoms. The molecule has 0 aromatic rings. The molecule has 7 nitrogen and oxygen atoms in total. The van der Waals surface area contributed by atoms with Crippen LogP contribution in [0.25, 0.3) is 0 Å². The van der Waals surface area contributed by atoms with Gasteiger partial charge >= 0.3 is 0 Å². The highest BCUT2D eigenvalue weighted by Crippen LogP contribution is 2.28. The lowest BCUT2D eigenvalue weighted by Crippen LogP contribution is -2.31. The van der Waals surface area contributed by atoms with Crippen LogP contribution >= 0.6 is 0 Å². The third kappa shape index (κ3) is 7.59. The van der Waals surface area contributed by atoms with Crippen LogP contribution in [0.5, 0.6) is 0 Å². The van der Waals surface area contributed by atoms with Gasteiger partial charge in [0.05, 0.1) is 12.7 Å². The highest BCUT2D eigenvalue weighted by molar-refractivity contribution is 4.89. The SMILES string of the molecule is C#C.CC(C)CC(C)CO.O=[N+]([O-])O[C@@H]1CO[C@@H]2CCO[C@@H]21. The molecule has 0 aliphatic carbocycles. The molecule has 7 heteroatoms. The lowest BCUT2D eigenvalue weighted by Gasteiger charge is -2.12. The van der Waals surface area contributed by atoms with E-state index in [0.29, 0.717) is 19.1 Å². The summed E-state index contributed by atoms with van der Waals surface area (Å²) >= 11 is 0. The number of terminal acetylenes is 1. The van der Waals surface area contributed by atoms with Gasteiger partial charge in [0.2, 0.25) is 0 Å². The average Bonchev–Trinajstić information content (AvgIpc) is 3.06. The molecule has 2 heterocycles. The van der Waals surface area contributed by atoms with Gasteiger partial charge in [-0.05, 0) is 24.7 Å². The Morgan fingerprint density at radius 3 is 2.45 bits per heavy atom. The van der Waals surface area contributed by atoms with Gasteiger partial charge in [0.15, 0.2) is 6.10 Å². The molecule has 2 aliphatic rings. The van der Waals surface area contributed by atoms with Crippen LogP contribution in [0, 0.1) is 34.8 Å². The topological polar surface area (TPSA) is 91.1 Å². The third-order valence-corrected chi connectivity index (χ3v) is 3.33. The maximum atomic E-state index is 10.0. The molecule has 2 rings (SSSR count). The summed E-state index contributed by atoms with van der Waals surface area (Å²) in [6.45, 7) is 7.61. The van der Waals surface area contributed by atoms with Gasteiger partial charge in [0.1, 0.15) is 6.10 Å². The van der Waals surface area contributed by atoms with Crippen molar-refractivity contribution in [3.05, 3.63) is 10.1 Å². The van der Waals surface area contributed by atoms with Crippen LogP contribution in [-0.2, 0) is 14.3 Å². The molecule has 0 saturated carbocycles. The molecule has 0 aromatic carbocycles. The number of ether oxygens (including phenoxy) is 2. The van der Waals surface area contributed by atoms with Gasteiger partial charge in [0.25, 0.3) is 5.09 Å². The van der Waals surface area contributed by atoms with Crippen LogP contribution < -0.4 is 0 Å². The summed E-state index contributed by atoms with van der Waals surface area (Å²) < 4.78 is 10.5. The maximum absolute atomic E-state index is 10.0. The number of aliphatic hydroxyl groups is 1. The molecule has 2 saturated heterocycles. The molecular weight excluding hydrogens is 290 g/mol. The van der Waals surface area contributed by atoms with E-state index in [2.05, 4.69) is 38.5 Å². The van der Waals surface area contributed by atoms with Crippen molar-refractivity contribution < 1.29 is 24.5 Å². The first kappa shape index (κ1) is 20.6. The summed E-state index contributed by atoms with van der Waals surface area (Å²) in [6, 6.07) is 0. The molecule has 128 valence electrons. The van der Waals surface area contributed by atoms with E-state index in [-0.39, 0.29) is 18.8 Å². The number of hydrogen-bond donors (Lipinski definition) is 1. The maximum Gasteiger partial charge on any atom is 0.294 e. The van der Waals surface area contributed by atoms with E-state index in [4.69, 9.17) is 14.6 Å². The number of aliphatic hydroxyl groups excluding tert-OH is 1. The van der Waals surface area contributed by atoms with Gasteiger partial charge < -0.3 is 19.4 Å². The molecule has 0 spiro atoms. The number of hydrogen-bond acceptors (Lipinski definition) is 6. The Morgan fingerprint density at radius 2 is 2.00 bits per heavy atom. The molecule has 0 bridgehead atoms. The third-order valence-electron chi connectivity index (χ3n) is 3.33. The van der Waals surface area contributed by atoms with Crippen LogP contribution in [0.3, 0.4) is 0 Å². The molecule has 1 unspecified atom stereocenters. The van der Waals surface area contributed by atoms with E-state index in [1.165, 1.54) is 0 Å². The number of nitrogens with zero attached hydrogens (tertiary/aromatic N) is 1. The summed E-state index contributed by atoms with van der Waals surface area (Å²) in [6.07, 6.45) is 9.16. The van der Waals surface area contributed by atoms with Gasteiger partial charge in [-0.15, -0.1) is 23.0 Å².